The van der Waals surface area contributed by atoms with Crippen LogP contribution in [0.3, 0.4) is 0 Å². The Hall–Kier alpha value is -2.55. The van der Waals surface area contributed by atoms with Crippen LogP contribution in [0.2, 0.25) is 5.02 Å². The number of halogens is 2. The Kier molecular flexibility index (Phi) is 7.50. The zero-order valence-electron chi connectivity index (χ0n) is 18.7. The maximum absolute atomic E-state index is 13.5. The van der Waals surface area contributed by atoms with Crippen molar-refractivity contribution >= 4 is 54.8 Å². The summed E-state index contributed by atoms with van der Waals surface area (Å²) >= 11 is 9.50. The van der Waals surface area contributed by atoms with Crippen LogP contribution in [-0.2, 0) is 14.8 Å². The molecule has 0 N–H and O–H groups in total. The van der Waals surface area contributed by atoms with Crippen LogP contribution in [0.25, 0.3) is 0 Å². The van der Waals surface area contributed by atoms with Gasteiger partial charge in [-0.25, -0.2) is 8.42 Å². The summed E-state index contributed by atoms with van der Waals surface area (Å²) < 4.78 is 29.1. The number of nitrogens with zero attached hydrogens (tertiary/aromatic N) is 3. The van der Waals surface area contributed by atoms with Crippen LogP contribution in [0, 0.1) is 6.92 Å². The SMILES string of the molecule is Cc1ccc(S(=O)(=O)N(CC(=O)N2CCN(c3cccc(Cl)c3)CC2)c2ccc(Br)cc2)cc1. The number of carbonyl (C=O) groups is 1. The van der Waals surface area contributed by atoms with Gasteiger partial charge in [-0.3, -0.25) is 9.10 Å². The average molecular weight is 563 g/mol. The van der Waals surface area contributed by atoms with Crippen LogP contribution in [0.5, 0.6) is 0 Å². The quantitative estimate of drug-likeness (QED) is 0.426. The minimum Gasteiger partial charge on any atom is -0.368 e. The van der Waals surface area contributed by atoms with E-state index < -0.39 is 10.0 Å². The van der Waals surface area contributed by atoms with Gasteiger partial charge < -0.3 is 9.80 Å². The number of benzene rings is 3. The molecule has 3 aromatic rings. The van der Waals surface area contributed by atoms with Gasteiger partial charge in [0.25, 0.3) is 10.0 Å². The first-order valence-electron chi connectivity index (χ1n) is 10.9. The van der Waals surface area contributed by atoms with E-state index in [2.05, 4.69) is 20.8 Å². The molecular formula is C25H25BrClN3O3S. The summed E-state index contributed by atoms with van der Waals surface area (Å²) in [6.45, 7) is 3.93. The van der Waals surface area contributed by atoms with Gasteiger partial charge >= 0.3 is 0 Å². The number of piperazine rings is 1. The summed E-state index contributed by atoms with van der Waals surface area (Å²) in [5.74, 6) is -0.232. The smallest absolute Gasteiger partial charge is 0.264 e. The fraction of sp³-hybridized carbons (Fsp3) is 0.240. The molecule has 1 aliphatic heterocycles. The molecule has 178 valence electrons. The molecule has 0 radical (unpaired) electrons. The maximum atomic E-state index is 13.5. The second-order valence-electron chi connectivity index (χ2n) is 8.15. The summed E-state index contributed by atoms with van der Waals surface area (Å²) in [7, 11) is -3.93. The molecule has 3 aromatic carbocycles. The molecule has 1 amide bonds. The summed E-state index contributed by atoms with van der Waals surface area (Å²) in [5, 5.41) is 0.669. The predicted octanol–water partition coefficient (Wildman–Crippen LogP) is 4.96. The van der Waals surface area contributed by atoms with E-state index in [0.29, 0.717) is 36.9 Å². The molecule has 0 spiro atoms. The third-order valence-electron chi connectivity index (χ3n) is 5.81. The van der Waals surface area contributed by atoms with Gasteiger partial charge in [0.2, 0.25) is 5.91 Å². The molecular weight excluding hydrogens is 538 g/mol. The lowest BCUT2D eigenvalue weighted by atomic mass is 10.2. The second kappa shape index (κ2) is 10.4. The molecule has 1 aliphatic rings. The highest BCUT2D eigenvalue weighted by Crippen LogP contribution is 2.26. The van der Waals surface area contributed by atoms with Crippen molar-refractivity contribution in [1.82, 2.24) is 4.90 Å². The molecule has 4 rings (SSSR count). The van der Waals surface area contributed by atoms with Gasteiger partial charge in [0.15, 0.2) is 0 Å². The number of hydrogen-bond donors (Lipinski definition) is 0. The first-order chi connectivity index (χ1) is 16.2. The number of amides is 1. The normalized spacial score (nSPS) is 14.2. The molecule has 0 saturated carbocycles. The summed E-state index contributed by atoms with van der Waals surface area (Å²) in [6, 6.07) is 21.2. The van der Waals surface area contributed by atoms with Crippen molar-refractivity contribution in [2.24, 2.45) is 0 Å². The summed E-state index contributed by atoms with van der Waals surface area (Å²) in [4.78, 5) is 17.3. The monoisotopic (exact) mass is 561 g/mol. The first kappa shape index (κ1) is 24.6. The first-order valence-corrected chi connectivity index (χ1v) is 13.5. The van der Waals surface area contributed by atoms with Crippen molar-refractivity contribution < 1.29 is 13.2 Å². The molecule has 0 unspecified atom stereocenters. The number of hydrogen-bond acceptors (Lipinski definition) is 4. The third kappa shape index (κ3) is 5.56. The topological polar surface area (TPSA) is 60.9 Å². The standard InChI is InChI=1S/C25H25BrClN3O3S/c1-19-5-11-24(12-6-19)34(32,33)30(22-9-7-20(26)8-10-22)18-25(31)29-15-13-28(14-16-29)23-4-2-3-21(27)17-23/h2-12,17H,13-16,18H2,1H3. The van der Waals surface area contributed by atoms with Crippen LogP contribution in [0.4, 0.5) is 11.4 Å². The van der Waals surface area contributed by atoms with Gasteiger partial charge in [-0.2, -0.15) is 0 Å². The number of sulfonamides is 1. The van der Waals surface area contributed by atoms with Crippen LogP contribution in [0.15, 0.2) is 82.2 Å². The fourth-order valence-corrected chi connectivity index (χ4v) is 5.73. The van der Waals surface area contributed by atoms with E-state index in [0.717, 1.165) is 15.7 Å². The maximum Gasteiger partial charge on any atom is 0.264 e. The highest BCUT2D eigenvalue weighted by molar-refractivity contribution is 9.10. The lowest BCUT2D eigenvalue weighted by Crippen LogP contribution is -2.52. The van der Waals surface area contributed by atoms with Crippen molar-refractivity contribution in [2.75, 3.05) is 41.9 Å². The second-order valence-corrected chi connectivity index (χ2v) is 11.4. The summed E-state index contributed by atoms with van der Waals surface area (Å²) in [5.41, 5.74) is 2.41. The Morgan fingerprint density at radius 1 is 0.971 bits per heavy atom. The average Bonchev–Trinajstić information content (AvgIpc) is 2.83. The number of aryl methyl sites for hydroxylation is 1. The largest absolute Gasteiger partial charge is 0.368 e. The predicted molar refractivity (Wildman–Crippen MR) is 140 cm³/mol. The Balaban J connectivity index is 1.53. The van der Waals surface area contributed by atoms with E-state index in [1.807, 2.05) is 31.2 Å². The van der Waals surface area contributed by atoms with Gasteiger partial charge in [-0.1, -0.05) is 51.3 Å². The van der Waals surface area contributed by atoms with Gasteiger partial charge in [0.1, 0.15) is 6.54 Å². The number of carbonyl (C=O) groups excluding carboxylic acids is 1. The van der Waals surface area contributed by atoms with Crippen molar-refractivity contribution in [3.05, 3.63) is 87.9 Å². The molecule has 1 heterocycles. The Morgan fingerprint density at radius 3 is 2.24 bits per heavy atom. The Labute approximate surface area is 213 Å². The molecule has 0 aromatic heterocycles. The highest BCUT2D eigenvalue weighted by atomic mass is 79.9. The lowest BCUT2D eigenvalue weighted by Gasteiger charge is -2.37. The van der Waals surface area contributed by atoms with Crippen LogP contribution in [0.1, 0.15) is 5.56 Å². The van der Waals surface area contributed by atoms with Crippen molar-refractivity contribution in [3.8, 4) is 0 Å². The Morgan fingerprint density at radius 2 is 1.62 bits per heavy atom. The number of anilines is 2. The number of rotatable bonds is 6. The van der Waals surface area contributed by atoms with E-state index in [9.17, 15) is 13.2 Å². The van der Waals surface area contributed by atoms with Crippen LogP contribution in [-0.4, -0.2) is 51.9 Å². The van der Waals surface area contributed by atoms with Gasteiger partial charge in [-0.15, -0.1) is 0 Å². The molecule has 34 heavy (non-hydrogen) atoms. The van der Waals surface area contributed by atoms with Crippen molar-refractivity contribution in [1.29, 1.82) is 0 Å². The van der Waals surface area contributed by atoms with Crippen LogP contribution >= 0.6 is 27.5 Å². The molecule has 0 aliphatic carbocycles. The fourth-order valence-electron chi connectivity index (χ4n) is 3.87. The van der Waals surface area contributed by atoms with Gasteiger partial charge in [-0.05, 0) is 61.5 Å². The lowest BCUT2D eigenvalue weighted by molar-refractivity contribution is -0.129. The van der Waals surface area contributed by atoms with Gasteiger partial charge in [0.05, 0.1) is 10.6 Å². The molecule has 9 heteroatoms. The van der Waals surface area contributed by atoms with Gasteiger partial charge in [0, 0.05) is 41.4 Å². The van der Waals surface area contributed by atoms with Crippen molar-refractivity contribution in [3.63, 3.8) is 0 Å². The molecule has 0 bridgehead atoms. The van der Waals surface area contributed by atoms with E-state index >= 15 is 0 Å². The minimum absolute atomic E-state index is 0.152. The molecule has 6 nitrogen and oxygen atoms in total. The van der Waals surface area contributed by atoms with Crippen LogP contribution < -0.4 is 9.21 Å². The van der Waals surface area contributed by atoms with E-state index in [4.69, 9.17) is 11.6 Å². The molecule has 0 atom stereocenters. The van der Waals surface area contributed by atoms with E-state index in [1.165, 1.54) is 4.31 Å². The minimum atomic E-state index is -3.93. The zero-order chi connectivity index (χ0) is 24.3. The Bertz CT molecular complexity index is 1260. The molecule has 1 saturated heterocycles. The van der Waals surface area contributed by atoms with Crippen molar-refractivity contribution in [2.45, 2.75) is 11.8 Å². The molecule has 1 fully saturated rings. The third-order valence-corrected chi connectivity index (χ3v) is 8.36. The summed E-state index contributed by atoms with van der Waals surface area (Å²) in [6.07, 6.45) is 0. The van der Waals surface area contributed by atoms with E-state index in [1.54, 1.807) is 53.4 Å². The van der Waals surface area contributed by atoms with E-state index in [-0.39, 0.29) is 17.3 Å². The highest BCUT2D eigenvalue weighted by Gasteiger charge is 2.30. The zero-order valence-corrected chi connectivity index (χ0v) is 21.9.